The second kappa shape index (κ2) is 4.27. The molecule has 0 aromatic carbocycles. The van der Waals surface area contributed by atoms with Gasteiger partial charge in [-0.1, -0.05) is 54.2 Å². The highest BCUT2D eigenvalue weighted by Gasteiger charge is 2.58. The van der Waals surface area contributed by atoms with Crippen LogP contribution in [-0.4, -0.2) is 6.54 Å². The second-order valence-corrected chi connectivity index (χ2v) is 6.86. The van der Waals surface area contributed by atoms with Crippen LogP contribution in [0.15, 0.2) is 35.6 Å². The molecule has 0 aromatic rings. The predicted octanol–water partition coefficient (Wildman–Crippen LogP) is 3.36. The lowest BCUT2D eigenvalue weighted by Gasteiger charge is -2.43. The molecule has 2 nitrogen and oxygen atoms in total. The van der Waals surface area contributed by atoms with Crippen molar-refractivity contribution >= 4 is 0 Å². The molecule has 0 heterocycles. The minimum Gasteiger partial charge on any atom is -0.399 e. The number of hydrogen-bond donors (Lipinski definition) is 2. The maximum Gasteiger partial charge on any atom is 0.0243 e. The van der Waals surface area contributed by atoms with E-state index in [0.717, 1.165) is 0 Å². The first-order chi connectivity index (χ1) is 8.00. The summed E-state index contributed by atoms with van der Waals surface area (Å²) in [4.78, 5) is 0. The van der Waals surface area contributed by atoms with Gasteiger partial charge in [-0.2, -0.15) is 0 Å². The average molecular weight is 248 g/mol. The first kappa shape index (κ1) is 15.0. The molecule has 102 valence electrons. The van der Waals surface area contributed by atoms with Gasteiger partial charge in [0.05, 0.1) is 0 Å². The maximum absolute atomic E-state index is 5.80. The fourth-order valence-corrected chi connectivity index (χ4v) is 3.05. The molecule has 1 aliphatic rings. The number of allylic oxidation sites excluding steroid dienone is 3. The van der Waals surface area contributed by atoms with Gasteiger partial charge in [-0.05, 0) is 33.5 Å². The van der Waals surface area contributed by atoms with Gasteiger partial charge in [-0.15, -0.1) is 0 Å². The summed E-state index contributed by atoms with van der Waals surface area (Å²) in [6.07, 6.45) is 4.14. The van der Waals surface area contributed by atoms with Crippen molar-refractivity contribution in [3.63, 3.8) is 0 Å². The van der Waals surface area contributed by atoms with Gasteiger partial charge in [0.1, 0.15) is 0 Å². The summed E-state index contributed by atoms with van der Waals surface area (Å²) in [5.74, 6) is 0. The van der Waals surface area contributed by atoms with Crippen molar-refractivity contribution in [3.8, 4) is 0 Å². The van der Waals surface area contributed by atoms with E-state index in [1.54, 1.807) is 0 Å². The summed E-state index contributed by atoms with van der Waals surface area (Å²) < 4.78 is 0. The fourth-order valence-electron chi connectivity index (χ4n) is 3.05. The van der Waals surface area contributed by atoms with Crippen LogP contribution in [0.3, 0.4) is 0 Å². The van der Waals surface area contributed by atoms with Crippen LogP contribution < -0.4 is 11.5 Å². The van der Waals surface area contributed by atoms with Crippen molar-refractivity contribution in [2.75, 3.05) is 6.54 Å². The summed E-state index contributed by atoms with van der Waals surface area (Å²) in [6, 6.07) is 0. The monoisotopic (exact) mass is 248 g/mol. The van der Waals surface area contributed by atoms with E-state index in [4.69, 9.17) is 11.5 Å². The third-order valence-corrected chi connectivity index (χ3v) is 5.41. The molecule has 4 N–H and O–H groups in total. The Morgan fingerprint density at radius 3 is 1.89 bits per heavy atom. The molecule has 0 unspecified atom stereocenters. The van der Waals surface area contributed by atoms with E-state index in [1.807, 2.05) is 6.08 Å². The van der Waals surface area contributed by atoms with Crippen molar-refractivity contribution in [3.05, 3.63) is 35.6 Å². The number of nitrogens with two attached hydrogens (primary N) is 2. The standard InChI is InChI=1S/C16H28N2/c1-11(18)10-13-12(8-9-17)14(2,3)16(6,7)15(13,4)5/h8,10H,1,9,17-18H2,2-7H3/b12-8+,13-10?. The molecule has 0 aliphatic heterocycles. The van der Waals surface area contributed by atoms with E-state index >= 15 is 0 Å². The highest BCUT2D eigenvalue weighted by Crippen LogP contribution is 2.67. The molecule has 1 rings (SSSR count). The van der Waals surface area contributed by atoms with Crippen LogP contribution in [0.4, 0.5) is 0 Å². The topological polar surface area (TPSA) is 52.0 Å². The van der Waals surface area contributed by atoms with Gasteiger partial charge in [0.15, 0.2) is 0 Å². The van der Waals surface area contributed by atoms with Crippen molar-refractivity contribution in [1.29, 1.82) is 0 Å². The average Bonchev–Trinajstić information content (AvgIpc) is 2.29. The normalized spacial score (nSPS) is 28.8. The van der Waals surface area contributed by atoms with Gasteiger partial charge in [-0.25, -0.2) is 0 Å². The minimum absolute atomic E-state index is 0.0415. The van der Waals surface area contributed by atoms with Gasteiger partial charge < -0.3 is 11.5 Å². The zero-order valence-corrected chi connectivity index (χ0v) is 12.7. The Kier molecular flexibility index (Phi) is 3.57. The lowest BCUT2D eigenvalue weighted by Crippen LogP contribution is -2.37. The molecule has 0 saturated heterocycles. The third-order valence-electron chi connectivity index (χ3n) is 5.41. The Morgan fingerprint density at radius 1 is 1.06 bits per heavy atom. The molecule has 0 bridgehead atoms. The van der Waals surface area contributed by atoms with Gasteiger partial charge in [0.2, 0.25) is 0 Å². The van der Waals surface area contributed by atoms with Gasteiger partial charge >= 0.3 is 0 Å². The van der Waals surface area contributed by atoms with E-state index < -0.39 is 0 Å². The van der Waals surface area contributed by atoms with Crippen LogP contribution in [0.1, 0.15) is 41.5 Å². The molecule has 0 spiro atoms. The lowest BCUT2D eigenvalue weighted by molar-refractivity contribution is 0.0751. The first-order valence-corrected chi connectivity index (χ1v) is 6.57. The van der Waals surface area contributed by atoms with Crippen LogP contribution in [0.5, 0.6) is 0 Å². The molecule has 18 heavy (non-hydrogen) atoms. The Hall–Kier alpha value is -1.02. The Balaban J connectivity index is 3.59. The second-order valence-electron chi connectivity index (χ2n) is 6.86. The molecular formula is C16H28N2. The summed E-state index contributed by atoms with van der Waals surface area (Å²) in [6.45, 7) is 18.1. The van der Waals surface area contributed by atoms with E-state index in [9.17, 15) is 0 Å². The van der Waals surface area contributed by atoms with Crippen LogP contribution in [0, 0.1) is 16.2 Å². The van der Waals surface area contributed by atoms with E-state index in [0.29, 0.717) is 12.2 Å². The molecule has 1 aliphatic carbocycles. The van der Waals surface area contributed by atoms with Crippen molar-refractivity contribution in [2.45, 2.75) is 41.5 Å². The number of rotatable bonds is 2. The van der Waals surface area contributed by atoms with Crippen LogP contribution in [0.25, 0.3) is 0 Å². The molecule has 1 saturated carbocycles. The molecular weight excluding hydrogens is 220 g/mol. The van der Waals surface area contributed by atoms with Crippen molar-refractivity contribution in [2.24, 2.45) is 27.7 Å². The van der Waals surface area contributed by atoms with E-state index in [-0.39, 0.29) is 16.2 Å². The van der Waals surface area contributed by atoms with Gasteiger partial charge in [-0.3, -0.25) is 0 Å². The zero-order valence-electron chi connectivity index (χ0n) is 12.7. The Bertz CT molecular complexity index is 420. The zero-order chi connectivity index (χ0) is 14.4. The molecule has 0 amide bonds. The lowest BCUT2D eigenvalue weighted by atomic mass is 9.60. The smallest absolute Gasteiger partial charge is 0.0243 e. The minimum atomic E-state index is 0.0415. The summed E-state index contributed by atoms with van der Waals surface area (Å²) in [7, 11) is 0. The fraction of sp³-hybridized carbons (Fsp3) is 0.625. The first-order valence-electron chi connectivity index (χ1n) is 6.57. The molecule has 0 radical (unpaired) electrons. The third kappa shape index (κ3) is 1.83. The summed E-state index contributed by atoms with van der Waals surface area (Å²) >= 11 is 0. The maximum atomic E-state index is 5.80. The highest BCUT2D eigenvalue weighted by atomic mass is 14.6. The number of hydrogen-bond acceptors (Lipinski definition) is 2. The molecule has 1 fully saturated rings. The molecule has 0 aromatic heterocycles. The van der Waals surface area contributed by atoms with E-state index in [2.05, 4.69) is 54.2 Å². The SMILES string of the molecule is C=C(N)C=C1/C(=C\CN)C(C)(C)C(C)(C)C1(C)C. The predicted molar refractivity (Wildman–Crippen MR) is 79.9 cm³/mol. The summed E-state index contributed by atoms with van der Waals surface area (Å²) in [5.41, 5.74) is 15.0. The highest BCUT2D eigenvalue weighted by molar-refractivity contribution is 5.51. The van der Waals surface area contributed by atoms with Crippen LogP contribution >= 0.6 is 0 Å². The summed E-state index contributed by atoms with van der Waals surface area (Å²) in [5, 5.41) is 0. The Labute approximate surface area is 112 Å². The largest absolute Gasteiger partial charge is 0.399 e. The van der Waals surface area contributed by atoms with Gasteiger partial charge in [0, 0.05) is 12.2 Å². The quantitative estimate of drug-likeness (QED) is 0.787. The van der Waals surface area contributed by atoms with Gasteiger partial charge in [0.25, 0.3) is 0 Å². The molecule has 0 atom stereocenters. The molecule has 2 heteroatoms. The van der Waals surface area contributed by atoms with Crippen molar-refractivity contribution < 1.29 is 0 Å². The van der Waals surface area contributed by atoms with Crippen LogP contribution in [0.2, 0.25) is 0 Å². The Morgan fingerprint density at radius 2 is 1.50 bits per heavy atom. The van der Waals surface area contributed by atoms with Crippen LogP contribution in [-0.2, 0) is 0 Å². The van der Waals surface area contributed by atoms with E-state index in [1.165, 1.54) is 11.1 Å². The van der Waals surface area contributed by atoms with Crippen molar-refractivity contribution in [1.82, 2.24) is 0 Å².